The van der Waals surface area contributed by atoms with Crippen LogP contribution in [0.2, 0.25) is 0 Å². The Morgan fingerprint density at radius 3 is 2.22 bits per heavy atom. The topological polar surface area (TPSA) is 64.2 Å². The molecule has 3 nitrogen and oxygen atoms in total. The molecule has 0 aromatic heterocycles. The van der Waals surface area contributed by atoms with Crippen molar-refractivity contribution in [2.75, 3.05) is 0 Å². The summed E-state index contributed by atoms with van der Waals surface area (Å²) in [4.78, 5) is 0. The van der Waals surface area contributed by atoms with Crippen LogP contribution in [-0.2, 0) is 12.8 Å². The van der Waals surface area contributed by atoms with Crippen LogP contribution in [0.4, 0.5) is 0 Å². The van der Waals surface area contributed by atoms with E-state index in [2.05, 4.69) is 6.07 Å². The molecule has 2 aromatic rings. The smallest absolute Gasteiger partial charge is 0.116 e. The Balaban J connectivity index is 2.11. The number of benzene rings is 2. The largest absolute Gasteiger partial charge is 0.508 e. The van der Waals surface area contributed by atoms with E-state index in [0.717, 1.165) is 24.0 Å². The predicted octanol–water partition coefficient (Wildman–Crippen LogP) is 2.75. The van der Waals surface area contributed by atoms with Crippen molar-refractivity contribution in [3.8, 4) is 17.6 Å². The molecule has 0 aliphatic rings. The molecule has 0 unspecified atom stereocenters. The Morgan fingerprint density at radius 1 is 0.889 bits per heavy atom. The quantitative estimate of drug-likeness (QED) is 0.865. The van der Waals surface area contributed by atoms with Crippen molar-refractivity contribution in [2.45, 2.75) is 12.8 Å². The summed E-state index contributed by atoms with van der Waals surface area (Å²) in [5.41, 5.74) is 2.53. The van der Waals surface area contributed by atoms with E-state index in [1.807, 2.05) is 12.1 Å². The minimum atomic E-state index is 0.111. The van der Waals surface area contributed by atoms with E-state index in [0.29, 0.717) is 5.56 Å². The number of aryl methyl sites for hydroxylation is 2. The van der Waals surface area contributed by atoms with E-state index in [9.17, 15) is 10.2 Å². The summed E-state index contributed by atoms with van der Waals surface area (Å²) in [5.74, 6) is 0.362. The van der Waals surface area contributed by atoms with Crippen molar-refractivity contribution in [1.29, 1.82) is 5.26 Å². The second-order valence-corrected chi connectivity index (χ2v) is 4.12. The molecule has 18 heavy (non-hydrogen) atoms. The fourth-order valence-electron chi connectivity index (χ4n) is 1.83. The van der Waals surface area contributed by atoms with Gasteiger partial charge in [-0.2, -0.15) is 5.26 Å². The molecule has 0 bridgehead atoms. The van der Waals surface area contributed by atoms with Crippen LogP contribution in [0.25, 0.3) is 0 Å². The molecule has 0 saturated heterocycles. The molecule has 0 saturated carbocycles. The highest BCUT2D eigenvalue weighted by molar-refractivity contribution is 5.43. The standard InChI is InChI=1S/C15H13NO2/c16-10-13-9-15(18)8-5-12(13)4-1-11-2-6-14(17)7-3-11/h2-3,5-9,17-18H,1,4H2. The third-order valence-corrected chi connectivity index (χ3v) is 2.83. The first-order valence-corrected chi connectivity index (χ1v) is 5.69. The minimum absolute atomic E-state index is 0.111. The van der Waals surface area contributed by atoms with Crippen molar-refractivity contribution >= 4 is 0 Å². The number of hydrogen-bond donors (Lipinski definition) is 2. The van der Waals surface area contributed by atoms with Crippen LogP contribution in [0, 0.1) is 11.3 Å². The maximum Gasteiger partial charge on any atom is 0.116 e. The van der Waals surface area contributed by atoms with Gasteiger partial charge in [-0.3, -0.25) is 0 Å². The molecule has 0 heterocycles. The molecule has 0 spiro atoms. The van der Waals surface area contributed by atoms with Gasteiger partial charge in [-0.05, 0) is 48.2 Å². The monoisotopic (exact) mass is 239 g/mol. The zero-order valence-corrected chi connectivity index (χ0v) is 9.80. The number of phenols is 2. The van der Waals surface area contributed by atoms with Crippen LogP contribution in [0.3, 0.4) is 0 Å². The molecule has 90 valence electrons. The van der Waals surface area contributed by atoms with Crippen LogP contribution in [-0.4, -0.2) is 10.2 Å². The minimum Gasteiger partial charge on any atom is -0.508 e. The average molecular weight is 239 g/mol. The Hall–Kier alpha value is -2.47. The second kappa shape index (κ2) is 5.24. The van der Waals surface area contributed by atoms with Gasteiger partial charge in [-0.25, -0.2) is 0 Å². The summed E-state index contributed by atoms with van der Waals surface area (Å²) in [7, 11) is 0. The lowest BCUT2D eigenvalue weighted by Crippen LogP contribution is -1.94. The molecule has 2 rings (SSSR count). The second-order valence-electron chi connectivity index (χ2n) is 4.12. The van der Waals surface area contributed by atoms with Gasteiger partial charge in [0.2, 0.25) is 0 Å². The molecule has 0 fully saturated rings. The molecule has 0 aliphatic carbocycles. The molecular formula is C15H13NO2. The van der Waals surface area contributed by atoms with Gasteiger partial charge in [0.15, 0.2) is 0 Å². The number of hydrogen-bond acceptors (Lipinski definition) is 3. The number of nitrogens with zero attached hydrogens (tertiary/aromatic N) is 1. The summed E-state index contributed by atoms with van der Waals surface area (Å²) in [6.45, 7) is 0. The maximum atomic E-state index is 9.31. The Kier molecular flexibility index (Phi) is 3.49. The molecule has 0 radical (unpaired) electrons. The summed E-state index contributed by atoms with van der Waals surface area (Å²) < 4.78 is 0. The fourth-order valence-corrected chi connectivity index (χ4v) is 1.83. The normalized spacial score (nSPS) is 9.94. The number of nitriles is 1. The van der Waals surface area contributed by atoms with Gasteiger partial charge in [-0.1, -0.05) is 18.2 Å². The molecular weight excluding hydrogens is 226 g/mol. The Morgan fingerprint density at radius 2 is 1.56 bits per heavy atom. The third-order valence-electron chi connectivity index (χ3n) is 2.83. The van der Waals surface area contributed by atoms with Gasteiger partial charge in [0, 0.05) is 0 Å². The molecule has 0 atom stereocenters. The highest BCUT2D eigenvalue weighted by Gasteiger charge is 2.04. The summed E-state index contributed by atoms with van der Waals surface area (Å²) in [5, 5.41) is 27.5. The molecule has 2 aromatic carbocycles. The first kappa shape index (κ1) is 12.0. The zero-order chi connectivity index (χ0) is 13.0. The SMILES string of the molecule is N#Cc1cc(O)ccc1CCc1ccc(O)cc1. The molecule has 3 heteroatoms. The first-order chi connectivity index (χ1) is 8.69. The predicted molar refractivity (Wildman–Crippen MR) is 68.3 cm³/mol. The van der Waals surface area contributed by atoms with Crippen molar-refractivity contribution in [3.63, 3.8) is 0 Å². The van der Waals surface area contributed by atoms with Gasteiger partial charge < -0.3 is 10.2 Å². The average Bonchev–Trinajstić information content (AvgIpc) is 2.39. The van der Waals surface area contributed by atoms with Gasteiger partial charge in [0.25, 0.3) is 0 Å². The summed E-state index contributed by atoms with van der Waals surface area (Å²) in [6.07, 6.45) is 1.52. The van der Waals surface area contributed by atoms with Crippen LogP contribution in [0.15, 0.2) is 42.5 Å². The van der Waals surface area contributed by atoms with Gasteiger partial charge in [0.1, 0.15) is 11.5 Å². The van der Waals surface area contributed by atoms with Crippen molar-refractivity contribution < 1.29 is 10.2 Å². The summed E-state index contributed by atoms with van der Waals surface area (Å²) in [6, 6.07) is 13.9. The lowest BCUT2D eigenvalue weighted by molar-refractivity contribution is 0.474. The van der Waals surface area contributed by atoms with Crippen LogP contribution >= 0.6 is 0 Å². The van der Waals surface area contributed by atoms with Crippen molar-refractivity contribution in [1.82, 2.24) is 0 Å². The van der Waals surface area contributed by atoms with E-state index < -0.39 is 0 Å². The van der Waals surface area contributed by atoms with E-state index in [4.69, 9.17) is 5.26 Å². The van der Waals surface area contributed by atoms with Crippen molar-refractivity contribution in [2.24, 2.45) is 0 Å². The molecule has 0 amide bonds. The van der Waals surface area contributed by atoms with E-state index in [-0.39, 0.29) is 11.5 Å². The molecule has 2 N–H and O–H groups in total. The van der Waals surface area contributed by atoms with E-state index >= 15 is 0 Å². The van der Waals surface area contributed by atoms with Crippen LogP contribution in [0.1, 0.15) is 16.7 Å². The van der Waals surface area contributed by atoms with Gasteiger partial charge in [-0.15, -0.1) is 0 Å². The number of aromatic hydroxyl groups is 2. The Bertz CT molecular complexity index is 582. The molecule has 0 aliphatic heterocycles. The summed E-state index contributed by atoms with van der Waals surface area (Å²) >= 11 is 0. The van der Waals surface area contributed by atoms with Crippen LogP contribution in [0.5, 0.6) is 11.5 Å². The van der Waals surface area contributed by atoms with Gasteiger partial charge in [0.05, 0.1) is 11.6 Å². The van der Waals surface area contributed by atoms with Crippen molar-refractivity contribution in [3.05, 3.63) is 59.2 Å². The number of rotatable bonds is 3. The van der Waals surface area contributed by atoms with Gasteiger partial charge >= 0.3 is 0 Å². The third kappa shape index (κ3) is 2.80. The van der Waals surface area contributed by atoms with E-state index in [1.54, 1.807) is 24.3 Å². The highest BCUT2D eigenvalue weighted by atomic mass is 16.3. The fraction of sp³-hybridized carbons (Fsp3) is 0.133. The highest BCUT2D eigenvalue weighted by Crippen LogP contribution is 2.18. The lowest BCUT2D eigenvalue weighted by Gasteiger charge is -2.05. The maximum absolute atomic E-state index is 9.31. The number of phenolic OH excluding ortho intramolecular Hbond substituents is 2. The van der Waals surface area contributed by atoms with E-state index in [1.165, 1.54) is 6.07 Å². The van der Waals surface area contributed by atoms with Crippen LogP contribution < -0.4 is 0 Å². The first-order valence-electron chi connectivity index (χ1n) is 5.69. The lowest BCUT2D eigenvalue weighted by atomic mass is 10.00. The Labute approximate surface area is 106 Å². The zero-order valence-electron chi connectivity index (χ0n) is 9.80.